The molecule has 1 aromatic carbocycles. The maximum Gasteiger partial charge on any atom is 0.233 e. The van der Waals surface area contributed by atoms with E-state index in [0.717, 1.165) is 36.9 Å². The summed E-state index contributed by atoms with van der Waals surface area (Å²) in [6.45, 7) is 2.24. The maximum absolute atomic E-state index is 12.6. The maximum atomic E-state index is 12.6. The van der Waals surface area contributed by atoms with Crippen molar-refractivity contribution >= 4 is 23.4 Å². The quantitative estimate of drug-likeness (QED) is 0.838. The van der Waals surface area contributed by atoms with Crippen molar-refractivity contribution in [2.24, 2.45) is 23.7 Å². The average Bonchev–Trinajstić information content (AvgIpc) is 3.28. The van der Waals surface area contributed by atoms with E-state index in [1.54, 1.807) is 0 Å². The monoisotopic (exact) mass is 340 g/mol. The molecule has 0 aromatic heterocycles. The minimum atomic E-state index is -0.151. The molecule has 2 bridgehead atoms. The fourth-order valence-electron chi connectivity index (χ4n) is 5.07. The Hall–Kier alpha value is -2.17. The molecule has 0 spiro atoms. The van der Waals surface area contributed by atoms with Crippen LogP contribution < -0.4 is 5.32 Å². The highest BCUT2D eigenvalue weighted by molar-refractivity contribution is 6.06. The molecule has 1 heterocycles. The van der Waals surface area contributed by atoms with Crippen molar-refractivity contribution in [1.82, 2.24) is 4.90 Å². The molecule has 4 rings (SSSR count). The van der Waals surface area contributed by atoms with E-state index in [2.05, 4.69) is 5.32 Å². The molecule has 1 N–H and O–H groups in total. The molecule has 4 atom stereocenters. The topological polar surface area (TPSA) is 66.5 Å². The summed E-state index contributed by atoms with van der Waals surface area (Å²) in [5.74, 6) is 0.350. The number of benzene rings is 1. The Bertz CT molecular complexity index is 701. The van der Waals surface area contributed by atoms with Crippen LogP contribution >= 0.6 is 0 Å². The van der Waals surface area contributed by atoms with Crippen molar-refractivity contribution in [2.45, 2.75) is 39.0 Å². The third kappa shape index (κ3) is 2.66. The Morgan fingerprint density at radius 3 is 2.40 bits per heavy atom. The molecule has 2 saturated carbocycles. The van der Waals surface area contributed by atoms with Gasteiger partial charge in [-0.15, -0.1) is 0 Å². The number of likely N-dealkylation sites (tertiary alicyclic amines) is 1. The van der Waals surface area contributed by atoms with Crippen molar-refractivity contribution < 1.29 is 14.4 Å². The van der Waals surface area contributed by atoms with E-state index in [0.29, 0.717) is 11.8 Å². The molecular weight excluding hydrogens is 316 g/mol. The summed E-state index contributed by atoms with van der Waals surface area (Å²) in [6.07, 6.45) is 4.19. The zero-order chi connectivity index (χ0) is 17.6. The predicted molar refractivity (Wildman–Crippen MR) is 93.6 cm³/mol. The minimum Gasteiger partial charge on any atom is -0.326 e. The number of aryl methyl sites for hydroxylation is 1. The van der Waals surface area contributed by atoms with Crippen molar-refractivity contribution in [3.8, 4) is 0 Å². The molecule has 25 heavy (non-hydrogen) atoms. The van der Waals surface area contributed by atoms with Gasteiger partial charge in [0, 0.05) is 18.7 Å². The van der Waals surface area contributed by atoms with Crippen LogP contribution in [-0.4, -0.2) is 29.2 Å². The SMILES string of the molecule is CCc1ccccc1NC(=O)CCN1C(=O)[C@@H]2[C@H]3CC[C@@H](C3)[C@@H]2C1=O. The smallest absolute Gasteiger partial charge is 0.233 e. The first-order valence-electron chi connectivity index (χ1n) is 9.33. The molecule has 0 radical (unpaired) electrons. The van der Waals surface area contributed by atoms with Gasteiger partial charge in [-0.05, 0) is 49.1 Å². The third-order valence-corrected chi connectivity index (χ3v) is 6.25. The molecular formula is C20H24N2O3. The number of anilines is 1. The molecule has 132 valence electrons. The second kappa shape index (κ2) is 6.28. The predicted octanol–water partition coefficient (Wildman–Crippen LogP) is 2.61. The first-order chi connectivity index (χ1) is 12.1. The Kier molecular flexibility index (Phi) is 4.10. The lowest BCUT2D eigenvalue weighted by molar-refractivity contribution is -0.140. The molecule has 5 heteroatoms. The largest absolute Gasteiger partial charge is 0.326 e. The van der Waals surface area contributed by atoms with Crippen molar-refractivity contribution in [2.75, 3.05) is 11.9 Å². The van der Waals surface area contributed by atoms with E-state index in [9.17, 15) is 14.4 Å². The van der Waals surface area contributed by atoms with Crippen LogP contribution in [-0.2, 0) is 20.8 Å². The highest BCUT2D eigenvalue weighted by Gasteiger charge is 2.60. The number of carbonyl (C=O) groups excluding carboxylic acids is 3. The summed E-state index contributed by atoms with van der Waals surface area (Å²) in [7, 11) is 0. The molecule has 3 fully saturated rings. The second-order valence-electron chi connectivity index (χ2n) is 7.52. The summed E-state index contributed by atoms with van der Waals surface area (Å²) in [5.41, 5.74) is 1.89. The number of rotatable bonds is 5. The Labute approximate surface area is 147 Å². The van der Waals surface area contributed by atoms with Crippen LogP contribution in [0, 0.1) is 23.7 Å². The van der Waals surface area contributed by atoms with Gasteiger partial charge >= 0.3 is 0 Å². The van der Waals surface area contributed by atoms with E-state index in [-0.39, 0.29) is 42.5 Å². The van der Waals surface area contributed by atoms with Gasteiger partial charge in [0.25, 0.3) is 0 Å². The lowest BCUT2D eigenvalue weighted by Gasteiger charge is -2.19. The highest BCUT2D eigenvalue weighted by Crippen LogP contribution is 2.56. The normalized spacial score (nSPS) is 30.0. The molecule has 3 amide bonds. The molecule has 2 aliphatic carbocycles. The summed E-state index contributed by atoms with van der Waals surface area (Å²) in [4.78, 5) is 38.9. The van der Waals surface area contributed by atoms with Crippen molar-refractivity contribution in [3.05, 3.63) is 29.8 Å². The average molecular weight is 340 g/mol. The first kappa shape index (κ1) is 16.3. The van der Waals surface area contributed by atoms with Gasteiger partial charge in [0.15, 0.2) is 0 Å². The number of para-hydroxylation sites is 1. The van der Waals surface area contributed by atoms with Crippen molar-refractivity contribution in [1.29, 1.82) is 0 Å². The number of nitrogens with zero attached hydrogens (tertiary/aromatic N) is 1. The fourth-order valence-corrected chi connectivity index (χ4v) is 5.07. The van der Waals surface area contributed by atoms with E-state index in [1.165, 1.54) is 4.90 Å². The Morgan fingerprint density at radius 2 is 1.76 bits per heavy atom. The number of amides is 3. The van der Waals surface area contributed by atoms with Gasteiger partial charge in [0.1, 0.15) is 0 Å². The van der Waals surface area contributed by atoms with Gasteiger partial charge in [-0.3, -0.25) is 19.3 Å². The van der Waals surface area contributed by atoms with Crippen LogP contribution in [0.25, 0.3) is 0 Å². The van der Waals surface area contributed by atoms with Crippen LogP contribution in [0.15, 0.2) is 24.3 Å². The minimum absolute atomic E-state index is 0.0380. The Morgan fingerprint density at radius 1 is 1.12 bits per heavy atom. The number of carbonyl (C=O) groups is 3. The second-order valence-corrected chi connectivity index (χ2v) is 7.52. The molecule has 1 aromatic rings. The molecule has 0 unspecified atom stereocenters. The van der Waals surface area contributed by atoms with Crippen LogP contribution in [0.3, 0.4) is 0 Å². The highest BCUT2D eigenvalue weighted by atomic mass is 16.2. The molecule has 1 saturated heterocycles. The van der Waals surface area contributed by atoms with Gasteiger partial charge in [-0.2, -0.15) is 0 Å². The first-order valence-corrected chi connectivity index (χ1v) is 9.33. The molecule has 3 aliphatic rings. The van der Waals surface area contributed by atoms with Crippen LogP contribution in [0.5, 0.6) is 0 Å². The third-order valence-electron chi connectivity index (χ3n) is 6.25. The summed E-state index contributed by atoms with van der Waals surface area (Å²) in [5, 5.41) is 2.91. The van der Waals surface area contributed by atoms with Gasteiger partial charge < -0.3 is 5.32 Å². The summed E-state index contributed by atoms with van der Waals surface area (Å²) >= 11 is 0. The van der Waals surface area contributed by atoms with Crippen LogP contribution in [0.1, 0.15) is 38.2 Å². The Balaban J connectivity index is 1.38. The van der Waals surface area contributed by atoms with E-state index in [1.807, 2.05) is 31.2 Å². The van der Waals surface area contributed by atoms with E-state index < -0.39 is 0 Å². The number of nitrogens with one attached hydrogen (secondary N) is 1. The van der Waals surface area contributed by atoms with E-state index in [4.69, 9.17) is 0 Å². The number of fused-ring (bicyclic) bond motifs is 5. The number of hydrogen-bond acceptors (Lipinski definition) is 3. The zero-order valence-electron chi connectivity index (χ0n) is 14.5. The lowest BCUT2D eigenvalue weighted by atomic mass is 9.81. The molecule has 5 nitrogen and oxygen atoms in total. The van der Waals surface area contributed by atoms with Gasteiger partial charge in [0.2, 0.25) is 17.7 Å². The summed E-state index contributed by atoms with van der Waals surface area (Å²) in [6, 6.07) is 7.70. The van der Waals surface area contributed by atoms with Gasteiger partial charge in [-0.25, -0.2) is 0 Å². The fraction of sp³-hybridized carbons (Fsp3) is 0.550. The zero-order valence-corrected chi connectivity index (χ0v) is 14.5. The standard InChI is InChI=1S/C20H24N2O3/c1-2-12-5-3-4-6-15(12)21-16(23)9-10-22-19(24)17-13-7-8-14(11-13)18(17)20(22)25/h3-6,13-14,17-18H,2,7-11H2,1H3,(H,21,23)/t13-,14-,17-,18+/m0/s1. The van der Waals surface area contributed by atoms with Gasteiger partial charge in [-0.1, -0.05) is 25.1 Å². The number of imide groups is 1. The number of hydrogen-bond donors (Lipinski definition) is 1. The van der Waals surface area contributed by atoms with Gasteiger partial charge in [0.05, 0.1) is 11.8 Å². The summed E-state index contributed by atoms with van der Waals surface area (Å²) < 4.78 is 0. The molecule has 1 aliphatic heterocycles. The van der Waals surface area contributed by atoms with Crippen molar-refractivity contribution in [3.63, 3.8) is 0 Å². The van der Waals surface area contributed by atoms with Crippen LogP contribution in [0.4, 0.5) is 5.69 Å². The van der Waals surface area contributed by atoms with E-state index >= 15 is 0 Å². The lowest BCUT2D eigenvalue weighted by Crippen LogP contribution is -2.35. The van der Waals surface area contributed by atoms with Crippen LogP contribution in [0.2, 0.25) is 0 Å².